The summed E-state index contributed by atoms with van der Waals surface area (Å²) in [6, 6.07) is 0. The molecule has 1 fully saturated rings. The summed E-state index contributed by atoms with van der Waals surface area (Å²) in [5.41, 5.74) is -0.0896. The third-order valence-corrected chi connectivity index (χ3v) is 1.28. The number of hydrogen-bond donors (Lipinski definition) is 1. The Morgan fingerprint density at radius 1 is 1.80 bits per heavy atom. The second-order valence-electron chi connectivity index (χ2n) is 2.90. The van der Waals surface area contributed by atoms with Crippen molar-refractivity contribution < 1.29 is 14.3 Å². The van der Waals surface area contributed by atoms with Gasteiger partial charge >= 0.3 is 0 Å². The summed E-state index contributed by atoms with van der Waals surface area (Å²) in [7, 11) is 0. The molecule has 10 heavy (non-hydrogen) atoms. The maximum Gasteiger partial charge on any atom is 0.296 e. The Hall–Kier alpha value is -0.610. The predicted molar refractivity (Wildman–Crippen MR) is 34.1 cm³/mol. The van der Waals surface area contributed by atoms with Gasteiger partial charge in [0.25, 0.3) is 12.9 Å². The summed E-state index contributed by atoms with van der Waals surface area (Å²) < 4.78 is 9.57. The summed E-state index contributed by atoms with van der Waals surface area (Å²) in [5, 5.41) is 2.96. The monoisotopic (exact) mass is 145 g/mol. The molecule has 0 bridgehead atoms. The molecule has 0 aliphatic carbocycles. The van der Waals surface area contributed by atoms with Crippen LogP contribution < -0.4 is 5.32 Å². The third kappa shape index (κ3) is 1.68. The third-order valence-electron chi connectivity index (χ3n) is 1.28. The fourth-order valence-electron chi connectivity index (χ4n) is 0.810. The van der Waals surface area contributed by atoms with Crippen LogP contribution in [0.2, 0.25) is 0 Å². The molecule has 58 valence electrons. The average Bonchev–Trinajstić information content (AvgIpc) is 2.12. The molecule has 1 N–H and O–H groups in total. The van der Waals surface area contributed by atoms with E-state index in [0.29, 0.717) is 13.1 Å². The highest BCUT2D eigenvalue weighted by Gasteiger charge is 2.31. The Morgan fingerprint density at radius 3 is 2.90 bits per heavy atom. The molecule has 1 aliphatic heterocycles. The van der Waals surface area contributed by atoms with Crippen LogP contribution in [0.5, 0.6) is 0 Å². The van der Waals surface area contributed by atoms with Crippen molar-refractivity contribution in [1.29, 1.82) is 0 Å². The molecule has 1 aliphatic rings. The Bertz CT molecular complexity index is 135. The van der Waals surface area contributed by atoms with E-state index in [1.807, 2.05) is 13.8 Å². The van der Waals surface area contributed by atoms with E-state index in [4.69, 9.17) is 4.74 Å². The lowest BCUT2D eigenvalue weighted by molar-refractivity contribution is -0.157. The SMILES string of the molecule is CC1(C)COC(OC=O)N1. The van der Waals surface area contributed by atoms with Gasteiger partial charge in [-0.15, -0.1) is 0 Å². The molecule has 0 aromatic rings. The van der Waals surface area contributed by atoms with E-state index < -0.39 is 6.41 Å². The number of hydrogen-bond acceptors (Lipinski definition) is 4. The van der Waals surface area contributed by atoms with E-state index in [1.54, 1.807) is 0 Å². The van der Waals surface area contributed by atoms with Gasteiger partial charge in [0.05, 0.1) is 6.61 Å². The van der Waals surface area contributed by atoms with Crippen molar-refractivity contribution in [3.63, 3.8) is 0 Å². The van der Waals surface area contributed by atoms with Crippen LogP contribution in [-0.4, -0.2) is 25.0 Å². The van der Waals surface area contributed by atoms with Gasteiger partial charge in [-0.2, -0.15) is 0 Å². The van der Waals surface area contributed by atoms with Crippen LogP contribution in [-0.2, 0) is 14.3 Å². The van der Waals surface area contributed by atoms with Gasteiger partial charge in [0.15, 0.2) is 0 Å². The molecule has 4 heteroatoms. The van der Waals surface area contributed by atoms with Gasteiger partial charge in [0, 0.05) is 5.54 Å². The van der Waals surface area contributed by atoms with Crippen LogP contribution in [0, 0.1) is 0 Å². The number of ether oxygens (including phenoxy) is 2. The number of carbonyl (C=O) groups is 1. The van der Waals surface area contributed by atoms with E-state index in [0.717, 1.165) is 0 Å². The highest BCUT2D eigenvalue weighted by Crippen LogP contribution is 2.13. The highest BCUT2D eigenvalue weighted by molar-refractivity contribution is 5.37. The fraction of sp³-hybridized carbons (Fsp3) is 0.833. The van der Waals surface area contributed by atoms with Gasteiger partial charge in [-0.25, -0.2) is 0 Å². The van der Waals surface area contributed by atoms with Crippen molar-refractivity contribution in [2.75, 3.05) is 6.61 Å². The zero-order chi connectivity index (χ0) is 7.61. The molecule has 1 unspecified atom stereocenters. The second kappa shape index (κ2) is 2.56. The lowest BCUT2D eigenvalue weighted by atomic mass is 10.1. The largest absolute Gasteiger partial charge is 0.424 e. The van der Waals surface area contributed by atoms with Crippen LogP contribution in [0.15, 0.2) is 0 Å². The highest BCUT2D eigenvalue weighted by atomic mass is 16.7. The van der Waals surface area contributed by atoms with Crippen LogP contribution in [0.4, 0.5) is 0 Å². The quantitative estimate of drug-likeness (QED) is 0.548. The lowest BCUT2D eigenvalue weighted by Gasteiger charge is -2.14. The second-order valence-corrected chi connectivity index (χ2v) is 2.90. The van der Waals surface area contributed by atoms with Gasteiger partial charge in [-0.1, -0.05) is 0 Å². The first-order valence-electron chi connectivity index (χ1n) is 3.12. The molecule has 0 radical (unpaired) electrons. The van der Waals surface area contributed by atoms with Gasteiger partial charge in [0.1, 0.15) is 0 Å². The van der Waals surface area contributed by atoms with E-state index in [1.165, 1.54) is 0 Å². The predicted octanol–water partition coefficient (Wildman–Crippen LogP) is -0.159. The van der Waals surface area contributed by atoms with Crippen LogP contribution in [0.1, 0.15) is 13.8 Å². The smallest absolute Gasteiger partial charge is 0.296 e. The van der Waals surface area contributed by atoms with Crippen molar-refractivity contribution in [3.8, 4) is 0 Å². The molecular weight excluding hydrogens is 134 g/mol. The van der Waals surface area contributed by atoms with Gasteiger partial charge in [-0.3, -0.25) is 10.1 Å². The van der Waals surface area contributed by atoms with E-state index in [-0.39, 0.29) is 5.54 Å². The fourth-order valence-corrected chi connectivity index (χ4v) is 0.810. The summed E-state index contributed by atoms with van der Waals surface area (Å²) >= 11 is 0. The summed E-state index contributed by atoms with van der Waals surface area (Å²) in [4.78, 5) is 9.83. The number of rotatable bonds is 2. The molecule has 0 aromatic carbocycles. The Kier molecular flexibility index (Phi) is 1.92. The van der Waals surface area contributed by atoms with Crippen molar-refractivity contribution >= 4 is 6.47 Å². The summed E-state index contributed by atoms with van der Waals surface area (Å²) in [6.45, 7) is 4.88. The molecule has 0 saturated carbocycles. The molecular formula is C6H11NO3. The molecule has 0 aromatic heterocycles. The van der Waals surface area contributed by atoms with Crippen LogP contribution in [0.25, 0.3) is 0 Å². The van der Waals surface area contributed by atoms with Gasteiger partial charge in [-0.05, 0) is 13.8 Å². The van der Waals surface area contributed by atoms with Crippen LogP contribution in [0.3, 0.4) is 0 Å². The van der Waals surface area contributed by atoms with Gasteiger partial charge in [0.2, 0.25) is 0 Å². The Labute approximate surface area is 59.5 Å². The van der Waals surface area contributed by atoms with Crippen molar-refractivity contribution in [2.24, 2.45) is 0 Å². The molecule has 1 saturated heterocycles. The minimum atomic E-state index is -0.563. The molecule has 0 amide bonds. The van der Waals surface area contributed by atoms with Crippen LogP contribution >= 0.6 is 0 Å². The lowest BCUT2D eigenvalue weighted by Crippen LogP contribution is -2.39. The number of nitrogens with one attached hydrogen (secondary N) is 1. The molecule has 0 spiro atoms. The molecule has 1 rings (SSSR count). The van der Waals surface area contributed by atoms with Gasteiger partial charge < -0.3 is 9.47 Å². The summed E-state index contributed by atoms with van der Waals surface area (Å²) in [6.07, 6.45) is -0.563. The minimum absolute atomic E-state index is 0.0896. The maximum absolute atomic E-state index is 9.83. The minimum Gasteiger partial charge on any atom is -0.424 e. The number of carbonyl (C=O) groups excluding carboxylic acids is 1. The van der Waals surface area contributed by atoms with Crippen molar-refractivity contribution in [1.82, 2.24) is 5.32 Å². The average molecular weight is 145 g/mol. The first kappa shape index (κ1) is 7.50. The zero-order valence-corrected chi connectivity index (χ0v) is 6.09. The standard InChI is InChI=1S/C6H11NO3/c1-6(2)3-9-5(7-6)10-4-8/h4-5,7H,3H2,1-2H3. The van der Waals surface area contributed by atoms with E-state index in [2.05, 4.69) is 10.1 Å². The molecule has 1 heterocycles. The normalized spacial score (nSPS) is 30.0. The van der Waals surface area contributed by atoms with Crippen molar-refractivity contribution in [3.05, 3.63) is 0 Å². The molecule has 4 nitrogen and oxygen atoms in total. The van der Waals surface area contributed by atoms with E-state index >= 15 is 0 Å². The molecule has 1 atom stereocenters. The summed E-state index contributed by atoms with van der Waals surface area (Å²) in [5.74, 6) is 0. The topological polar surface area (TPSA) is 47.6 Å². The Balaban J connectivity index is 2.35. The maximum atomic E-state index is 9.83. The first-order chi connectivity index (χ1) is 4.64. The van der Waals surface area contributed by atoms with E-state index in [9.17, 15) is 4.79 Å². The Morgan fingerprint density at radius 2 is 2.50 bits per heavy atom. The first-order valence-corrected chi connectivity index (χ1v) is 3.12. The zero-order valence-electron chi connectivity index (χ0n) is 6.09. The van der Waals surface area contributed by atoms with Crippen molar-refractivity contribution in [2.45, 2.75) is 25.8 Å².